The van der Waals surface area contributed by atoms with Crippen LogP contribution in [-0.2, 0) is 10.8 Å². The summed E-state index contributed by atoms with van der Waals surface area (Å²) in [5.74, 6) is 0. The molecule has 0 aliphatic heterocycles. The topological polar surface area (TPSA) is 40.5 Å². The molecule has 3 heteroatoms. The van der Waals surface area contributed by atoms with E-state index in [0.717, 1.165) is 5.56 Å². The Labute approximate surface area is 110 Å². The summed E-state index contributed by atoms with van der Waals surface area (Å²) in [6.45, 7) is 10.6. The maximum absolute atomic E-state index is 9.48. The summed E-state index contributed by atoms with van der Waals surface area (Å²) < 4.78 is 0. The number of fused-ring (bicyclic) bond motifs is 1. The second kappa shape index (κ2) is 3.97. The summed E-state index contributed by atoms with van der Waals surface area (Å²) in [5.41, 5.74) is 4.00. The van der Waals surface area contributed by atoms with Crippen LogP contribution in [0, 0.1) is 0 Å². The molecular weight excluding hydrogens is 223 g/mol. The van der Waals surface area contributed by atoms with E-state index in [4.69, 9.17) is 0 Å². The van der Waals surface area contributed by atoms with Crippen molar-refractivity contribution in [3.05, 3.63) is 40.4 Å². The summed E-state index contributed by atoms with van der Waals surface area (Å²) in [6.07, 6.45) is 1.90. The lowest BCUT2D eigenvalue weighted by Crippen LogP contribution is -2.29. The van der Waals surface area contributed by atoms with Crippen LogP contribution in [0.25, 0.3) is 6.08 Å². The van der Waals surface area contributed by atoms with E-state index in [0.29, 0.717) is 5.47 Å². The lowest BCUT2D eigenvalue weighted by Gasteiger charge is -2.27. The van der Waals surface area contributed by atoms with E-state index in [1.165, 1.54) is 11.1 Å². The van der Waals surface area contributed by atoms with Gasteiger partial charge in [-0.25, -0.2) is 0 Å². The monoisotopic (exact) mass is 244 g/mol. The fraction of sp³-hybridized carbons (Fsp3) is 0.467. The summed E-state index contributed by atoms with van der Waals surface area (Å²) in [5, 5.41) is 19.0. The molecule has 0 heterocycles. The summed E-state index contributed by atoms with van der Waals surface area (Å²) in [7, 11) is -1.38. The number of hydrogen-bond donors (Lipinski definition) is 2. The fourth-order valence-corrected chi connectivity index (χ4v) is 2.59. The zero-order valence-electron chi connectivity index (χ0n) is 11.8. The zero-order chi connectivity index (χ0) is 13.7. The smallest absolute Gasteiger partial charge is 0.423 e. The molecule has 1 aromatic carbocycles. The Balaban J connectivity index is 2.54. The highest BCUT2D eigenvalue weighted by atomic mass is 16.4. The van der Waals surface area contributed by atoms with E-state index in [9.17, 15) is 10.0 Å². The standard InChI is InChI=1S/C15H21BO2/c1-14(2,3)11-7-6-10-8-13(16(17)18)15(4,5)12(10)9-11/h6-9,17-18H,1-5H3. The number of benzene rings is 1. The Kier molecular flexibility index (Phi) is 2.95. The minimum Gasteiger partial charge on any atom is -0.423 e. The van der Waals surface area contributed by atoms with E-state index in [-0.39, 0.29) is 10.8 Å². The molecule has 0 aromatic heterocycles. The molecule has 1 aliphatic carbocycles. The minimum absolute atomic E-state index is 0.103. The van der Waals surface area contributed by atoms with Crippen molar-refractivity contribution >= 4 is 13.2 Å². The van der Waals surface area contributed by atoms with Crippen LogP contribution in [-0.4, -0.2) is 17.2 Å². The zero-order valence-corrected chi connectivity index (χ0v) is 11.8. The van der Waals surface area contributed by atoms with Crippen molar-refractivity contribution in [2.24, 2.45) is 0 Å². The van der Waals surface area contributed by atoms with Crippen LogP contribution in [0.5, 0.6) is 0 Å². The van der Waals surface area contributed by atoms with E-state index in [2.05, 4.69) is 39.0 Å². The van der Waals surface area contributed by atoms with Crippen LogP contribution in [0.4, 0.5) is 0 Å². The van der Waals surface area contributed by atoms with E-state index < -0.39 is 7.12 Å². The third-order valence-corrected chi connectivity index (χ3v) is 3.90. The quantitative estimate of drug-likeness (QED) is 0.745. The Morgan fingerprint density at radius 1 is 1.11 bits per heavy atom. The molecule has 2 nitrogen and oxygen atoms in total. The minimum atomic E-state index is -1.38. The van der Waals surface area contributed by atoms with Gasteiger partial charge < -0.3 is 10.0 Å². The molecule has 0 amide bonds. The van der Waals surface area contributed by atoms with Gasteiger partial charge in [0, 0.05) is 5.41 Å². The number of hydrogen-bond acceptors (Lipinski definition) is 2. The molecule has 1 aromatic rings. The van der Waals surface area contributed by atoms with Gasteiger partial charge in [-0.3, -0.25) is 0 Å². The van der Waals surface area contributed by atoms with Crippen molar-refractivity contribution in [3.63, 3.8) is 0 Å². The van der Waals surface area contributed by atoms with Gasteiger partial charge in [-0.1, -0.05) is 58.9 Å². The van der Waals surface area contributed by atoms with Gasteiger partial charge in [0.15, 0.2) is 0 Å². The molecule has 0 atom stereocenters. The van der Waals surface area contributed by atoms with Crippen molar-refractivity contribution in [3.8, 4) is 0 Å². The molecule has 96 valence electrons. The SMILES string of the molecule is CC(C)(C)c1ccc2c(c1)C(C)(C)C(B(O)O)=C2. The molecule has 0 saturated heterocycles. The lowest BCUT2D eigenvalue weighted by molar-refractivity contribution is 0.408. The Hall–Kier alpha value is -1.06. The normalized spacial score (nSPS) is 17.4. The van der Waals surface area contributed by atoms with Crippen molar-refractivity contribution in [2.75, 3.05) is 0 Å². The van der Waals surface area contributed by atoms with Crippen molar-refractivity contribution in [1.29, 1.82) is 0 Å². The Morgan fingerprint density at radius 3 is 2.22 bits per heavy atom. The van der Waals surface area contributed by atoms with Crippen LogP contribution >= 0.6 is 0 Å². The van der Waals surface area contributed by atoms with Gasteiger partial charge in [-0.15, -0.1) is 0 Å². The van der Waals surface area contributed by atoms with Gasteiger partial charge in [-0.05, 0) is 27.6 Å². The van der Waals surface area contributed by atoms with Crippen molar-refractivity contribution in [2.45, 2.75) is 45.4 Å². The van der Waals surface area contributed by atoms with Crippen LogP contribution in [0.15, 0.2) is 23.7 Å². The number of allylic oxidation sites excluding steroid dienone is 1. The molecule has 1 aliphatic rings. The Morgan fingerprint density at radius 2 is 1.72 bits per heavy atom. The first-order valence-corrected chi connectivity index (χ1v) is 6.37. The Bertz CT molecular complexity index is 508. The van der Waals surface area contributed by atoms with Crippen LogP contribution in [0.3, 0.4) is 0 Å². The highest BCUT2D eigenvalue weighted by Crippen LogP contribution is 2.43. The summed E-state index contributed by atoms with van der Waals surface area (Å²) >= 11 is 0. The molecule has 0 unspecified atom stereocenters. The highest BCUT2D eigenvalue weighted by molar-refractivity contribution is 6.53. The van der Waals surface area contributed by atoms with Crippen molar-refractivity contribution < 1.29 is 10.0 Å². The second-order valence-electron chi connectivity index (χ2n) is 6.65. The predicted octanol–water partition coefficient (Wildman–Crippen LogP) is 2.67. The van der Waals surface area contributed by atoms with Crippen LogP contribution in [0.2, 0.25) is 0 Å². The molecule has 2 N–H and O–H groups in total. The summed E-state index contributed by atoms with van der Waals surface area (Å²) in [6, 6.07) is 6.40. The predicted molar refractivity (Wildman–Crippen MR) is 76.3 cm³/mol. The average Bonchev–Trinajstić information content (AvgIpc) is 2.49. The number of rotatable bonds is 1. The third-order valence-electron chi connectivity index (χ3n) is 3.90. The first-order chi connectivity index (χ1) is 8.14. The second-order valence-corrected chi connectivity index (χ2v) is 6.65. The first-order valence-electron chi connectivity index (χ1n) is 6.37. The molecule has 0 radical (unpaired) electrons. The van der Waals surface area contributed by atoms with Gasteiger partial charge in [0.2, 0.25) is 0 Å². The van der Waals surface area contributed by atoms with Crippen LogP contribution in [0.1, 0.15) is 51.3 Å². The molecule has 0 bridgehead atoms. The molecule has 0 saturated carbocycles. The molecule has 18 heavy (non-hydrogen) atoms. The molecule has 2 rings (SSSR count). The third kappa shape index (κ3) is 2.02. The van der Waals surface area contributed by atoms with E-state index in [1.807, 2.05) is 19.9 Å². The molecule has 0 fully saturated rings. The maximum atomic E-state index is 9.48. The summed E-state index contributed by atoms with van der Waals surface area (Å²) in [4.78, 5) is 0. The van der Waals surface area contributed by atoms with E-state index >= 15 is 0 Å². The van der Waals surface area contributed by atoms with Gasteiger partial charge in [0.05, 0.1) is 0 Å². The average molecular weight is 244 g/mol. The lowest BCUT2D eigenvalue weighted by atomic mass is 9.64. The highest BCUT2D eigenvalue weighted by Gasteiger charge is 2.38. The van der Waals surface area contributed by atoms with E-state index in [1.54, 1.807) is 0 Å². The largest absolute Gasteiger partial charge is 0.485 e. The van der Waals surface area contributed by atoms with Gasteiger partial charge in [-0.2, -0.15) is 0 Å². The van der Waals surface area contributed by atoms with Crippen molar-refractivity contribution in [1.82, 2.24) is 0 Å². The van der Waals surface area contributed by atoms with Gasteiger partial charge in [0.1, 0.15) is 0 Å². The van der Waals surface area contributed by atoms with Gasteiger partial charge >= 0.3 is 7.12 Å². The molecule has 0 spiro atoms. The maximum Gasteiger partial charge on any atom is 0.485 e. The van der Waals surface area contributed by atoms with Crippen LogP contribution < -0.4 is 0 Å². The first kappa shape index (κ1) is 13.4. The fourth-order valence-electron chi connectivity index (χ4n) is 2.59. The molecular formula is C15H21BO2. The van der Waals surface area contributed by atoms with Gasteiger partial charge in [0.25, 0.3) is 0 Å².